The average Bonchev–Trinajstić information content (AvgIpc) is 2.29. The highest BCUT2D eigenvalue weighted by molar-refractivity contribution is 9.10. The Bertz CT molecular complexity index is 313. The summed E-state index contributed by atoms with van der Waals surface area (Å²) in [7, 11) is 0. The summed E-state index contributed by atoms with van der Waals surface area (Å²) >= 11 is 3.33. The Kier molecular flexibility index (Phi) is 4.82. The molecule has 0 aliphatic carbocycles. The first-order chi connectivity index (χ1) is 7.15. The van der Waals surface area contributed by atoms with Crippen LogP contribution >= 0.6 is 15.9 Å². The summed E-state index contributed by atoms with van der Waals surface area (Å²) in [6.07, 6.45) is 0.799. The zero-order chi connectivity index (χ0) is 11.3. The summed E-state index contributed by atoms with van der Waals surface area (Å²) in [5.41, 5.74) is 1.13. The number of nitrogens with one attached hydrogen (secondary N) is 1. The van der Waals surface area contributed by atoms with Crippen LogP contribution in [0.25, 0.3) is 0 Å². The highest BCUT2D eigenvalue weighted by Gasteiger charge is 2.15. The van der Waals surface area contributed by atoms with Crippen LogP contribution in [-0.4, -0.2) is 10.7 Å². The summed E-state index contributed by atoms with van der Waals surface area (Å²) in [6, 6.07) is 10.0. The Hall–Kier alpha value is -0.830. The molecule has 82 valence electrons. The molecule has 1 rings (SSSR count). The Morgan fingerprint density at radius 2 is 2.00 bits per heavy atom. The van der Waals surface area contributed by atoms with E-state index in [1.807, 2.05) is 44.2 Å². The molecule has 0 unspecified atom stereocenters. The fourth-order valence-corrected chi connectivity index (χ4v) is 1.45. The molecule has 1 aromatic rings. The minimum Gasteiger partial charge on any atom is -0.349 e. The highest BCUT2D eigenvalue weighted by atomic mass is 79.9. The molecular formula is C12H16BrNO. The first-order valence-electron chi connectivity index (χ1n) is 5.14. The van der Waals surface area contributed by atoms with E-state index < -0.39 is 0 Å². The van der Waals surface area contributed by atoms with Gasteiger partial charge >= 0.3 is 0 Å². The Labute approximate surface area is 99.2 Å². The molecule has 3 heteroatoms. The molecule has 1 amide bonds. The van der Waals surface area contributed by atoms with E-state index in [9.17, 15) is 4.79 Å². The van der Waals surface area contributed by atoms with E-state index in [4.69, 9.17) is 0 Å². The molecule has 0 aliphatic heterocycles. The van der Waals surface area contributed by atoms with Gasteiger partial charge in [-0.25, -0.2) is 0 Å². The van der Waals surface area contributed by atoms with Crippen molar-refractivity contribution in [2.45, 2.75) is 31.1 Å². The van der Waals surface area contributed by atoms with E-state index in [0.29, 0.717) is 0 Å². The fourth-order valence-electron chi connectivity index (χ4n) is 1.31. The van der Waals surface area contributed by atoms with E-state index in [1.165, 1.54) is 0 Å². The standard InChI is InChI=1S/C12H16BrNO/c1-3-11(13)12(15)14-9(2)10-7-5-4-6-8-10/h4-9,11H,3H2,1-2H3,(H,14,15)/t9-,11+/m1/s1. The molecular weight excluding hydrogens is 254 g/mol. The number of halogens is 1. The third kappa shape index (κ3) is 3.67. The van der Waals surface area contributed by atoms with E-state index in [2.05, 4.69) is 21.2 Å². The van der Waals surface area contributed by atoms with Gasteiger partial charge in [-0.05, 0) is 18.9 Å². The molecule has 0 aromatic heterocycles. The first kappa shape index (κ1) is 12.2. The van der Waals surface area contributed by atoms with Crippen LogP contribution in [-0.2, 0) is 4.79 Å². The second kappa shape index (κ2) is 5.91. The molecule has 1 aromatic carbocycles. The molecule has 0 aliphatic rings. The third-order valence-corrected chi connectivity index (χ3v) is 3.36. The zero-order valence-electron chi connectivity index (χ0n) is 9.03. The van der Waals surface area contributed by atoms with Crippen molar-refractivity contribution in [3.05, 3.63) is 35.9 Å². The van der Waals surface area contributed by atoms with Crippen molar-refractivity contribution in [1.82, 2.24) is 5.32 Å². The molecule has 15 heavy (non-hydrogen) atoms. The van der Waals surface area contributed by atoms with Crippen LogP contribution in [0.2, 0.25) is 0 Å². The van der Waals surface area contributed by atoms with E-state index in [-0.39, 0.29) is 16.8 Å². The van der Waals surface area contributed by atoms with Crippen LogP contribution in [0.15, 0.2) is 30.3 Å². The van der Waals surface area contributed by atoms with E-state index in [0.717, 1.165) is 12.0 Å². The van der Waals surface area contributed by atoms with Crippen LogP contribution in [0.5, 0.6) is 0 Å². The normalized spacial score (nSPS) is 14.3. The monoisotopic (exact) mass is 269 g/mol. The van der Waals surface area contributed by atoms with Crippen LogP contribution in [0.4, 0.5) is 0 Å². The summed E-state index contributed by atoms with van der Waals surface area (Å²) in [5, 5.41) is 2.96. The molecule has 1 N–H and O–H groups in total. The number of rotatable bonds is 4. The van der Waals surface area contributed by atoms with Gasteiger partial charge in [0.2, 0.25) is 5.91 Å². The van der Waals surface area contributed by atoms with E-state index in [1.54, 1.807) is 0 Å². The maximum absolute atomic E-state index is 11.6. The Morgan fingerprint density at radius 3 is 2.53 bits per heavy atom. The number of amides is 1. The average molecular weight is 270 g/mol. The zero-order valence-corrected chi connectivity index (χ0v) is 10.6. The van der Waals surface area contributed by atoms with Gasteiger partial charge in [-0.3, -0.25) is 4.79 Å². The number of alkyl halides is 1. The molecule has 0 saturated heterocycles. The highest BCUT2D eigenvalue weighted by Crippen LogP contribution is 2.13. The molecule has 0 saturated carbocycles. The quantitative estimate of drug-likeness (QED) is 0.837. The van der Waals surface area contributed by atoms with Crippen LogP contribution in [0, 0.1) is 0 Å². The molecule has 0 radical (unpaired) electrons. The number of carbonyl (C=O) groups is 1. The number of hydrogen-bond donors (Lipinski definition) is 1. The van der Waals surface area contributed by atoms with Gasteiger partial charge in [-0.2, -0.15) is 0 Å². The van der Waals surface area contributed by atoms with Gasteiger partial charge < -0.3 is 5.32 Å². The summed E-state index contributed by atoms with van der Waals surface area (Å²) in [4.78, 5) is 11.5. The van der Waals surface area contributed by atoms with Crippen LogP contribution in [0.3, 0.4) is 0 Å². The van der Waals surface area contributed by atoms with Crippen molar-refractivity contribution in [2.24, 2.45) is 0 Å². The summed E-state index contributed by atoms with van der Waals surface area (Å²) in [6.45, 7) is 3.97. The SMILES string of the molecule is CC[C@H](Br)C(=O)N[C@H](C)c1ccccc1. The van der Waals surface area contributed by atoms with Crippen LogP contribution < -0.4 is 5.32 Å². The topological polar surface area (TPSA) is 29.1 Å². The predicted molar refractivity (Wildman–Crippen MR) is 66.0 cm³/mol. The Morgan fingerprint density at radius 1 is 1.40 bits per heavy atom. The largest absolute Gasteiger partial charge is 0.349 e. The lowest BCUT2D eigenvalue weighted by atomic mass is 10.1. The number of hydrogen-bond acceptors (Lipinski definition) is 1. The Balaban J connectivity index is 2.56. The van der Waals surface area contributed by atoms with Crippen LogP contribution in [0.1, 0.15) is 31.9 Å². The second-order valence-corrected chi connectivity index (χ2v) is 4.62. The summed E-state index contributed by atoms with van der Waals surface area (Å²) in [5.74, 6) is 0.0499. The lowest BCUT2D eigenvalue weighted by Crippen LogP contribution is -2.32. The van der Waals surface area contributed by atoms with Gasteiger partial charge in [0, 0.05) is 0 Å². The van der Waals surface area contributed by atoms with Crippen molar-refractivity contribution in [3.63, 3.8) is 0 Å². The lowest BCUT2D eigenvalue weighted by Gasteiger charge is -2.16. The fraction of sp³-hybridized carbons (Fsp3) is 0.417. The maximum atomic E-state index is 11.6. The molecule has 0 fully saturated rings. The van der Waals surface area contributed by atoms with Gasteiger partial charge in [0.05, 0.1) is 10.9 Å². The van der Waals surface area contributed by atoms with Crippen molar-refractivity contribution >= 4 is 21.8 Å². The smallest absolute Gasteiger partial charge is 0.234 e. The van der Waals surface area contributed by atoms with Gasteiger partial charge in [0.1, 0.15) is 0 Å². The molecule has 0 spiro atoms. The van der Waals surface area contributed by atoms with Gasteiger partial charge in [-0.1, -0.05) is 53.2 Å². The number of carbonyl (C=O) groups excluding carboxylic acids is 1. The lowest BCUT2D eigenvalue weighted by molar-refractivity contribution is -0.121. The van der Waals surface area contributed by atoms with Crippen molar-refractivity contribution in [1.29, 1.82) is 0 Å². The number of benzene rings is 1. The summed E-state index contributed by atoms with van der Waals surface area (Å²) < 4.78 is 0. The second-order valence-electron chi connectivity index (χ2n) is 3.52. The maximum Gasteiger partial charge on any atom is 0.234 e. The van der Waals surface area contributed by atoms with Gasteiger partial charge in [-0.15, -0.1) is 0 Å². The van der Waals surface area contributed by atoms with Gasteiger partial charge in [0.25, 0.3) is 0 Å². The first-order valence-corrected chi connectivity index (χ1v) is 6.06. The van der Waals surface area contributed by atoms with Gasteiger partial charge in [0.15, 0.2) is 0 Å². The molecule has 0 heterocycles. The van der Waals surface area contributed by atoms with E-state index >= 15 is 0 Å². The predicted octanol–water partition coefficient (Wildman–Crippen LogP) is 3.04. The van der Waals surface area contributed by atoms with Crippen molar-refractivity contribution < 1.29 is 4.79 Å². The molecule has 2 atom stereocenters. The molecule has 0 bridgehead atoms. The minimum absolute atomic E-state index is 0.0499. The van der Waals surface area contributed by atoms with Crippen molar-refractivity contribution in [2.75, 3.05) is 0 Å². The molecule has 2 nitrogen and oxygen atoms in total. The van der Waals surface area contributed by atoms with Crippen molar-refractivity contribution in [3.8, 4) is 0 Å². The third-order valence-electron chi connectivity index (χ3n) is 2.30. The minimum atomic E-state index is -0.0938.